The molecule has 100 valence electrons. The number of hydrogen-bond acceptors (Lipinski definition) is 2. The second-order valence-electron chi connectivity index (χ2n) is 4.37. The van der Waals surface area contributed by atoms with Crippen LogP contribution in [0.3, 0.4) is 0 Å². The zero-order valence-electron chi connectivity index (χ0n) is 10.8. The fourth-order valence-corrected chi connectivity index (χ4v) is 2.94. The topological polar surface area (TPSA) is 35.2 Å². The Labute approximate surface area is 130 Å². The molecule has 2 N–H and O–H groups in total. The van der Waals surface area contributed by atoms with Crippen molar-refractivity contribution in [1.82, 2.24) is 0 Å². The molecule has 0 aliphatic heterocycles. The van der Waals surface area contributed by atoms with Crippen molar-refractivity contribution in [3.63, 3.8) is 0 Å². The van der Waals surface area contributed by atoms with Gasteiger partial charge in [0.1, 0.15) is 5.75 Å². The monoisotopic (exact) mass is 383 g/mol. The van der Waals surface area contributed by atoms with Gasteiger partial charge in [-0.25, -0.2) is 0 Å². The average Bonchev–Trinajstić information content (AvgIpc) is 2.40. The fraction of sp³-hybridized carbons (Fsp3) is 0.200. The van der Waals surface area contributed by atoms with E-state index in [0.29, 0.717) is 0 Å². The SMILES string of the molecule is COc1ccc(C(N)c2cc(Br)ccc2C)cc1Br. The van der Waals surface area contributed by atoms with Gasteiger partial charge in [-0.1, -0.05) is 28.1 Å². The third-order valence-electron chi connectivity index (χ3n) is 3.11. The molecule has 2 aromatic carbocycles. The molecule has 0 aliphatic rings. The second-order valence-corrected chi connectivity index (χ2v) is 6.14. The lowest BCUT2D eigenvalue weighted by Crippen LogP contribution is -2.13. The van der Waals surface area contributed by atoms with E-state index >= 15 is 0 Å². The maximum atomic E-state index is 6.36. The number of aryl methyl sites for hydroxylation is 1. The van der Waals surface area contributed by atoms with Crippen molar-refractivity contribution in [3.05, 3.63) is 62.0 Å². The summed E-state index contributed by atoms with van der Waals surface area (Å²) >= 11 is 6.98. The van der Waals surface area contributed by atoms with Gasteiger partial charge in [-0.2, -0.15) is 0 Å². The summed E-state index contributed by atoms with van der Waals surface area (Å²) in [4.78, 5) is 0. The van der Waals surface area contributed by atoms with Crippen molar-refractivity contribution in [2.24, 2.45) is 5.73 Å². The quantitative estimate of drug-likeness (QED) is 0.840. The second kappa shape index (κ2) is 6.07. The fourth-order valence-electron chi connectivity index (χ4n) is 2.00. The molecule has 0 aliphatic carbocycles. The molecule has 0 fully saturated rings. The first kappa shape index (κ1) is 14.6. The molecule has 19 heavy (non-hydrogen) atoms. The summed E-state index contributed by atoms with van der Waals surface area (Å²) in [5.41, 5.74) is 9.71. The molecule has 2 aromatic rings. The molecule has 2 nitrogen and oxygen atoms in total. The highest BCUT2D eigenvalue weighted by atomic mass is 79.9. The van der Waals surface area contributed by atoms with Gasteiger partial charge in [0.25, 0.3) is 0 Å². The Bertz CT molecular complexity index is 599. The summed E-state index contributed by atoms with van der Waals surface area (Å²) in [6, 6.07) is 11.9. The molecular weight excluding hydrogens is 370 g/mol. The molecule has 0 amide bonds. The number of ether oxygens (including phenoxy) is 1. The van der Waals surface area contributed by atoms with Crippen LogP contribution in [-0.2, 0) is 0 Å². The first-order chi connectivity index (χ1) is 9.02. The average molecular weight is 385 g/mol. The molecule has 1 atom stereocenters. The van der Waals surface area contributed by atoms with Crippen LogP contribution in [0.1, 0.15) is 22.7 Å². The van der Waals surface area contributed by atoms with Crippen molar-refractivity contribution in [1.29, 1.82) is 0 Å². The molecule has 0 aromatic heterocycles. The smallest absolute Gasteiger partial charge is 0.133 e. The molecule has 4 heteroatoms. The van der Waals surface area contributed by atoms with Crippen molar-refractivity contribution in [3.8, 4) is 5.75 Å². The van der Waals surface area contributed by atoms with E-state index in [1.165, 1.54) is 5.56 Å². The molecule has 2 rings (SSSR count). The number of halogens is 2. The Morgan fingerprint density at radius 3 is 2.47 bits per heavy atom. The highest BCUT2D eigenvalue weighted by Gasteiger charge is 2.13. The summed E-state index contributed by atoms with van der Waals surface area (Å²) in [7, 11) is 1.65. The van der Waals surface area contributed by atoms with Gasteiger partial charge >= 0.3 is 0 Å². The Morgan fingerprint density at radius 2 is 1.84 bits per heavy atom. The van der Waals surface area contributed by atoms with E-state index < -0.39 is 0 Å². The molecule has 0 bridgehead atoms. The molecule has 0 saturated carbocycles. The molecule has 0 spiro atoms. The van der Waals surface area contributed by atoms with Crippen LogP contribution in [0, 0.1) is 6.92 Å². The Balaban J connectivity index is 2.41. The van der Waals surface area contributed by atoms with Gasteiger partial charge in [-0.05, 0) is 63.8 Å². The van der Waals surface area contributed by atoms with Crippen molar-refractivity contribution >= 4 is 31.9 Å². The van der Waals surface area contributed by atoms with Gasteiger partial charge in [0, 0.05) is 4.47 Å². The zero-order chi connectivity index (χ0) is 14.0. The van der Waals surface area contributed by atoms with Gasteiger partial charge in [0.2, 0.25) is 0 Å². The lowest BCUT2D eigenvalue weighted by Gasteiger charge is -2.17. The van der Waals surface area contributed by atoms with Crippen molar-refractivity contribution < 1.29 is 4.74 Å². The lowest BCUT2D eigenvalue weighted by atomic mass is 9.96. The number of hydrogen-bond donors (Lipinski definition) is 1. The van der Waals surface area contributed by atoms with E-state index in [1.54, 1.807) is 7.11 Å². The predicted octanol–water partition coefficient (Wildman–Crippen LogP) is 4.58. The minimum absolute atomic E-state index is 0.153. The molecule has 0 heterocycles. The van der Waals surface area contributed by atoms with Gasteiger partial charge in [0.05, 0.1) is 17.6 Å². The minimum atomic E-state index is -0.153. The largest absolute Gasteiger partial charge is 0.496 e. The zero-order valence-corrected chi connectivity index (χ0v) is 14.0. The number of rotatable bonds is 3. The van der Waals surface area contributed by atoms with Crippen molar-refractivity contribution in [2.45, 2.75) is 13.0 Å². The van der Waals surface area contributed by atoms with Crippen LogP contribution in [-0.4, -0.2) is 7.11 Å². The molecule has 0 saturated heterocycles. The maximum absolute atomic E-state index is 6.36. The van der Waals surface area contributed by atoms with E-state index in [4.69, 9.17) is 10.5 Å². The molecule has 0 radical (unpaired) electrons. The third-order valence-corrected chi connectivity index (χ3v) is 4.22. The summed E-state index contributed by atoms with van der Waals surface area (Å²) in [6.45, 7) is 2.07. The van der Waals surface area contributed by atoms with Crippen LogP contribution in [0.2, 0.25) is 0 Å². The van der Waals surface area contributed by atoms with Crippen LogP contribution < -0.4 is 10.5 Å². The van der Waals surface area contributed by atoms with Gasteiger partial charge < -0.3 is 10.5 Å². The van der Waals surface area contributed by atoms with Gasteiger partial charge in [-0.15, -0.1) is 0 Å². The van der Waals surface area contributed by atoms with E-state index in [9.17, 15) is 0 Å². The number of methoxy groups -OCH3 is 1. The Kier molecular flexibility index (Phi) is 4.66. The Hall–Kier alpha value is -0.840. The van der Waals surface area contributed by atoms with E-state index in [2.05, 4.69) is 50.9 Å². The van der Waals surface area contributed by atoms with E-state index in [1.807, 2.05) is 24.3 Å². The summed E-state index contributed by atoms with van der Waals surface area (Å²) in [6.07, 6.45) is 0. The molecule has 1 unspecified atom stereocenters. The van der Waals surface area contributed by atoms with Crippen molar-refractivity contribution in [2.75, 3.05) is 7.11 Å². The standard InChI is InChI=1S/C15H15Br2NO/c1-9-3-5-11(16)8-12(9)15(18)10-4-6-14(19-2)13(17)7-10/h3-8,15H,18H2,1-2H3. The number of benzene rings is 2. The minimum Gasteiger partial charge on any atom is -0.496 e. The lowest BCUT2D eigenvalue weighted by molar-refractivity contribution is 0.412. The summed E-state index contributed by atoms with van der Waals surface area (Å²) < 4.78 is 7.18. The summed E-state index contributed by atoms with van der Waals surface area (Å²) in [5.74, 6) is 0.807. The normalized spacial score (nSPS) is 12.3. The van der Waals surface area contributed by atoms with Gasteiger partial charge in [0.15, 0.2) is 0 Å². The van der Waals surface area contributed by atoms with Crippen LogP contribution >= 0.6 is 31.9 Å². The first-order valence-electron chi connectivity index (χ1n) is 5.88. The highest BCUT2D eigenvalue weighted by Crippen LogP contribution is 2.31. The predicted molar refractivity (Wildman–Crippen MR) is 85.6 cm³/mol. The van der Waals surface area contributed by atoms with E-state index in [-0.39, 0.29) is 6.04 Å². The van der Waals surface area contributed by atoms with Crippen LogP contribution in [0.15, 0.2) is 45.3 Å². The highest BCUT2D eigenvalue weighted by molar-refractivity contribution is 9.10. The summed E-state index contributed by atoms with van der Waals surface area (Å²) in [5, 5.41) is 0. The first-order valence-corrected chi connectivity index (χ1v) is 7.46. The van der Waals surface area contributed by atoms with E-state index in [0.717, 1.165) is 25.8 Å². The van der Waals surface area contributed by atoms with Crippen LogP contribution in [0.25, 0.3) is 0 Å². The maximum Gasteiger partial charge on any atom is 0.133 e. The van der Waals surface area contributed by atoms with Crippen LogP contribution in [0.5, 0.6) is 5.75 Å². The number of nitrogens with two attached hydrogens (primary N) is 1. The van der Waals surface area contributed by atoms with Gasteiger partial charge in [-0.3, -0.25) is 0 Å². The Morgan fingerprint density at radius 1 is 1.11 bits per heavy atom. The van der Waals surface area contributed by atoms with Crippen LogP contribution in [0.4, 0.5) is 0 Å². The third kappa shape index (κ3) is 3.19. The molecular formula is C15H15Br2NO.